The largest absolute Gasteiger partial charge is 0.444 e. The molecule has 0 saturated carbocycles. The molecule has 2 saturated heterocycles. The average Bonchev–Trinajstić information content (AvgIpc) is 3.75. The average molecular weight is 1220 g/mol. The molecular weight excluding hydrogens is 1170 g/mol. The first-order chi connectivity index (χ1) is 37.9. The molecule has 0 aliphatic carbocycles. The number of Topliss-reactive ketones (excluding diaryl/α,β-unsaturated/α-hetero) is 2. The summed E-state index contributed by atoms with van der Waals surface area (Å²) in [6.07, 6.45) is -5.74. The Labute approximate surface area is 468 Å². The number of pyridine rings is 2. The number of rotatable bonds is 13. The molecule has 29 heteroatoms. The van der Waals surface area contributed by atoms with Crippen LogP contribution in [0.1, 0.15) is 83.1 Å². The van der Waals surface area contributed by atoms with Crippen LogP contribution in [-0.4, -0.2) is 116 Å². The topological polar surface area (TPSA) is 213 Å². The van der Waals surface area contributed by atoms with Gasteiger partial charge >= 0.3 is 18.4 Å². The van der Waals surface area contributed by atoms with E-state index in [0.29, 0.717) is 28.2 Å². The zero-order valence-electron chi connectivity index (χ0n) is 44.0. The Kier molecular flexibility index (Phi) is 19.7. The molecule has 2 aliphatic rings. The maximum Gasteiger partial charge on any atom is 0.433 e. The van der Waals surface area contributed by atoms with Crippen molar-refractivity contribution in [3.63, 3.8) is 0 Å². The van der Waals surface area contributed by atoms with Gasteiger partial charge in [-0.05, 0) is 132 Å². The molecule has 2 aliphatic heterocycles. The van der Waals surface area contributed by atoms with Crippen molar-refractivity contribution >= 4 is 47.4 Å². The molecule has 4 aromatic heterocycles. The molecule has 1 unspecified atom stereocenters. The van der Waals surface area contributed by atoms with E-state index in [0.717, 1.165) is 82.3 Å². The molecule has 0 spiro atoms. The second-order valence-electron chi connectivity index (χ2n) is 20.4. The molecule has 82 heavy (non-hydrogen) atoms. The summed E-state index contributed by atoms with van der Waals surface area (Å²) in [6.45, 7) is 6.84. The van der Waals surface area contributed by atoms with E-state index in [2.05, 4.69) is 29.9 Å². The summed E-state index contributed by atoms with van der Waals surface area (Å²) < 4.78 is 185. The van der Waals surface area contributed by atoms with Gasteiger partial charge in [0.1, 0.15) is 52.6 Å². The second-order valence-corrected chi connectivity index (χ2v) is 24.8. The Morgan fingerprint density at radius 2 is 1.02 bits per heavy atom. The van der Waals surface area contributed by atoms with Gasteiger partial charge in [-0.2, -0.15) is 30.6 Å². The number of ether oxygens (including phenoxy) is 1. The molecule has 4 atom stereocenters. The number of hydrogen-bond donors (Lipinski definition) is 0. The normalized spacial score (nSPS) is 19.6. The zero-order chi connectivity index (χ0) is 60.8. The first-order valence-electron chi connectivity index (χ1n) is 24.5. The van der Waals surface area contributed by atoms with Crippen LogP contribution in [-0.2, 0) is 58.6 Å². The summed E-state index contributed by atoms with van der Waals surface area (Å²) >= 11 is 0. The van der Waals surface area contributed by atoms with E-state index >= 15 is 0 Å². The van der Waals surface area contributed by atoms with E-state index in [-0.39, 0.29) is 66.3 Å². The first-order valence-corrected chi connectivity index (χ1v) is 28.3. The van der Waals surface area contributed by atoms with E-state index in [1.165, 1.54) is 44.7 Å². The molecule has 440 valence electrons. The van der Waals surface area contributed by atoms with Crippen molar-refractivity contribution in [2.75, 3.05) is 13.1 Å². The highest BCUT2D eigenvalue weighted by Crippen LogP contribution is 2.37. The van der Waals surface area contributed by atoms with Crippen LogP contribution in [0.5, 0.6) is 0 Å². The number of sulfonamides is 1. The zero-order valence-corrected chi connectivity index (χ0v) is 46.4. The lowest BCUT2D eigenvalue weighted by Crippen LogP contribution is -2.43. The van der Waals surface area contributed by atoms with Crippen molar-refractivity contribution < 1.29 is 79.9 Å². The van der Waals surface area contributed by atoms with E-state index < -0.39 is 102 Å². The van der Waals surface area contributed by atoms with Crippen LogP contribution in [0.2, 0.25) is 0 Å². The molecule has 1 amide bonds. The van der Waals surface area contributed by atoms with Crippen molar-refractivity contribution in [2.45, 2.75) is 124 Å². The third kappa shape index (κ3) is 17.7. The molecule has 0 radical (unpaired) electrons. The molecule has 16 nitrogen and oxygen atoms in total. The standard InChI is InChI=1S/C24H21F5N4O3S.C23H26F4N4O3.C6H4ClFO2S/c1-23(26)11-20(33(13-23)37(35,36)18-6-3-16(25)4-7-18)21(34)8-5-17-10-19(32-14-31-17)15-2-9-22(30-12-15)24(27,28)29;1-21(2,3)34-20(33)31-12-22(4,24)10-17(31)18(32)7-6-15-9-16(30-13-29-15)14-5-8-19(28-11-14)23(25,26)27;7-11(9,10)6-3-1-5(8)2-4-6/h2-4,6-7,9-10,12,14,20H,5,8,11,13H2,1H3;5,8-9,11,13,17H,6-7,10,12H2,1-4H3;1-4H/t20-,23+;17-,22?;/m00./s1. The minimum atomic E-state index is -4.58. The second kappa shape index (κ2) is 25.2. The van der Waals surface area contributed by atoms with Gasteiger partial charge in [-0.15, -0.1) is 0 Å². The molecule has 8 rings (SSSR count). The Morgan fingerprint density at radius 3 is 1.43 bits per heavy atom. The van der Waals surface area contributed by atoms with Gasteiger partial charge in [0.2, 0.25) is 10.0 Å². The summed E-state index contributed by atoms with van der Waals surface area (Å²) in [6, 6.07) is 13.3. The SMILES string of the molecule is CC1(F)C[C@@H](C(=O)CCc2cc(-c3ccc(C(F)(F)F)nc3)ncn2)N(C(=O)OC(C)(C)C)C1.C[C@@]1(F)C[C@@H](C(=O)CCc2cc(-c3ccc(C(F)(F)F)nc3)ncn2)N(S(=O)(=O)c2ccc(F)cc2)C1.O=S(=O)(Cl)c1ccc(F)cc1. The van der Waals surface area contributed by atoms with Crippen molar-refractivity contribution in [2.24, 2.45) is 0 Å². The number of carbonyl (C=O) groups excluding carboxylic acids is 3. The highest BCUT2D eigenvalue weighted by molar-refractivity contribution is 8.13. The number of ketones is 2. The van der Waals surface area contributed by atoms with Gasteiger partial charge in [0.05, 0.1) is 39.8 Å². The van der Waals surface area contributed by atoms with E-state index in [1.807, 2.05) is 0 Å². The van der Waals surface area contributed by atoms with Gasteiger partial charge in [-0.3, -0.25) is 24.5 Å². The predicted molar refractivity (Wildman–Crippen MR) is 276 cm³/mol. The van der Waals surface area contributed by atoms with Crippen LogP contribution in [0, 0.1) is 11.6 Å². The molecule has 2 fully saturated rings. The number of benzene rings is 2. The van der Waals surface area contributed by atoms with Crippen LogP contribution < -0.4 is 0 Å². The summed E-state index contributed by atoms with van der Waals surface area (Å²) in [5.41, 5.74) is -4.33. The number of aromatic nitrogens is 6. The van der Waals surface area contributed by atoms with Gasteiger partial charge in [0.15, 0.2) is 11.6 Å². The number of aryl methyl sites for hydroxylation is 2. The predicted octanol–water partition coefficient (Wildman–Crippen LogP) is 10.9. The van der Waals surface area contributed by atoms with Crippen LogP contribution in [0.15, 0.2) is 120 Å². The number of halogens is 11. The van der Waals surface area contributed by atoms with Crippen molar-refractivity contribution in [1.29, 1.82) is 0 Å². The highest BCUT2D eigenvalue weighted by atomic mass is 35.7. The minimum Gasteiger partial charge on any atom is -0.444 e. The molecule has 6 heterocycles. The number of carbonyl (C=O) groups is 3. The highest BCUT2D eigenvalue weighted by Gasteiger charge is 2.50. The minimum absolute atomic E-state index is 0.0121. The lowest BCUT2D eigenvalue weighted by atomic mass is 9.99. The number of likely N-dealkylation sites (tertiary alicyclic amines) is 1. The van der Waals surface area contributed by atoms with Crippen molar-refractivity contribution in [3.05, 3.63) is 144 Å². The molecule has 0 N–H and O–H groups in total. The molecular formula is C53H51ClF10N8O8S2. The van der Waals surface area contributed by atoms with E-state index in [4.69, 9.17) is 15.4 Å². The maximum absolute atomic E-state index is 14.9. The smallest absolute Gasteiger partial charge is 0.433 e. The Balaban J connectivity index is 0.000000223. The monoisotopic (exact) mass is 1220 g/mol. The number of nitrogens with zero attached hydrogens (tertiary/aromatic N) is 8. The number of amides is 1. The van der Waals surface area contributed by atoms with Gasteiger partial charge in [-0.1, -0.05) is 0 Å². The summed E-state index contributed by atoms with van der Waals surface area (Å²) in [4.78, 5) is 62.3. The Morgan fingerprint density at radius 1 is 0.610 bits per heavy atom. The van der Waals surface area contributed by atoms with Gasteiger partial charge < -0.3 is 4.74 Å². The number of hydrogen-bond acceptors (Lipinski definition) is 14. The molecule has 0 bridgehead atoms. The first kappa shape index (κ1) is 64.1. The third-order valence-electron chi connectivity index (χ3n) is 12.2. The maximum atomic E-state index is 14.9. The summed E-state index contributed by atoms with van der Waals surface area (Å²) in [5.74, 6) is -1.99. The lowest BCUT2D eigenvalue weighted by molar-refractivity contribution is -0.141. The van der Waals surface area contributed by atoms with Crippen molar-refractivity contribution in [3.8, 4) is 22.5 Å². The Bertz CT molecular complexity index is 3470. The van der Waals surface area contributed by atoms with E-state index in [1.54, 1.807) is 26.8 Å². The fourth-order valence-corrected chi connectivity index (χ4v) is 10.8. The fraction of sp³-hybridized carbons (Fsp3) is 0.377. The van der Waals surface area contributed by atoms with Gasteiger partial charge in [0, 0.05) is 77.8 Å². The van der Waals surface area contributed by atoms with Gasteiger partial charge in [-0.25, -0.2) is 59.1 Å². The molecule has 2 aromatic carbocycles. The van der Waals surface area contributed by atoms with Crippen LogP contribution in [0.3, 0.4) is 0 Å². The van der Waals surface area contributed by atoms with Crippen molar-refractivity contribution in [1.82, 2.24) is 39.1 Å². The van der Waals surface area contributed by atoms with Crippen LogP contribution in [0.4, 0.5) is 48.7 Å². The summed E-state index contributed by atoms with van der Waals surface area (Å²) in [5, 5.41) is 0. The quantitative estimate of drug-likeness (QED) is 0.0777. The number of alkyl halides is 8. The van der Waals surface area contributed by atoms with E-state index in [9.17, 15) is 75.1 Å². The summed E-state index contributed by atoms with van der Waals surface area (Å²) in [7, 11) is -3.02. The molecule has 6 aromatic rings. The van der Waals surface area contributed by atoms with Gasteiger partial charge in [0.25, 0.3) is 9.05 Å². The fourth-order valence-electron chi connectivity index (χ4n) is 8.36. The lowest BCUT2D eigenvalue weighted by Gasteiger charge is -2.27. The van der Waals surface area contributed by atoms with Crippen LogP contribution >= 0.6 is 10.7 Å². The van der Waals surface area contributed by atoms with Crippen LogP contribution in [0.25, 0.3) is 22.5 Å². The third-order valence-corrected chi connectivity index (χ3v) is 15.5. The Hall–Kier alpha value is -7.04.